The number of anilines is 1. The molecule has 24 heavy (non-hydrogen) atoms. The highest BCUT2D eigenvalue weighted by Crippen LogP contribution is 2.32. The fraction of sp³-hybridized carbons (Fsp3) is 0.118. The van der Waals surface area contributed by atoms with Gasteiger partial charge in [-0.1, -0.05) is 22.9 Å². The predicted molar refractivity (Wildman–Crippen MR) is 100 cm³/mol. The Morgan fingerprint density at radius 3 is 2.83 bits per heavy atom. The van der Waals surface area contributed by atoms with Crippen LogP contribution in [-0.2, 0) is 0 Å². The number of hydrazone groups is 1. The number of oxazole rings is 1. The largest absolute Gasteiger partial charge is 0.436 e. The minimum atomic E-state index is 0.569. The molecule has 7 heteroatoms. The minimum Gasteiger partial charge on any atom is -0.436 e. The summed E-state index contributed by atoms with van der Waals surface area (Å²) in [6.07, 6.45) is 0. The molecule has 0 bridgehead atoms. The van der Waals surface area contributed by atoms with Crippen molar-refractivity contribution in [3.8, 4) is 11.5 Å². The molecule has 0 atom stereocenters. The van der Waals surface area contributed by atoms with E-state index in [0.717, 1.165) is 32.1 Å². The molecular weight excluding hydrogens is 344 g/mol. The molecule has 4 aromatic rings. The lowest BCUT2D eigenvalue weighted by molar-refractivity contribution is 0.620. The van der Waals surface area contributed by atoms with Gasteiger partial charge < -0.3 is 4.42 Å². The minimum absolute atomic E-state index is 0.569. The van der Waals surface area contributed by atoms with E-state index in [2.05, 4.69) is 20.5 Å². The van der Waals surface area contributed by atoms with Crippen molar-refractivity contribution in [3.63, 3.8) is 0 Å². The van der Waals surface area contributed by atoms with E-state index in [-0.39, 0.29) is 0 Å². The first-order valence-corrected chi connectivity index (χ1v) is 8.52. The Morgan fingerprint density at radius 1 is 1.12 bits per heavy atom. The van der Waals surface area contributed by atoms with Gasteiger partial charge in [-0.05, 0) is 50.2 Å². The van der Waals surface area contributed by atoms with Gasteiger partial charge in [0.15, 0.2) is 5.58 Å². The van der Waals surface area contributed by atoms with Gasteiger partial charge in [-0.2, -0.15) is 5.10 Å². The number of rotatable bonds is 3. The molecule has 0 unspecified atom stereocenters. The first-order chi connectivity index (χ1) is 11.6. The molecule has 5 nitrogen and oxygen atoms in total. The van der Waals surface area contributed by atoms with Crippen molar-refractivity contribution in [1.82, 2.24) is 9.97 Å². The maximum Gasteiger partial charge on any atom is 0.227 e. The number of nitrogens with zero attached hydrogens (tertiary/aromatic N) is 3. The second-order valence-electron chi connectivity index (χ2n) is 5.50. The van der Waals surface area contributed by atoms with Crippen molar-refractivity contribution in [3.05, 3.63) is 41.4 Å². The van der Waals surface area contributed by atoms with E-state index >= 15 is 0 Å². The van der Waals surface area contributed by atoms with Crippen LogP contribution in [0.1, 0.15) is 13.8 Å². The van der Waals surface area contributed by atoms with Gasteiger partial charge in [-0.15, -0.1) is 0 Å². The van der Waals surface area contributed by atoms with Crippen molar-refractivity contribution in [2.75, 3.05) is 5.43 Å². The standard InChI is InChI=1S/C17H13ClN4OS/c1-9(2)21-22-17-20-12-5-3-10(7-15(12)24-17)16-19-13-8-11(18)4-6-14(13)23-16/h3-8H,1-2H3,(H,20,22). The highest BCUT2D eigenvalue weighted by molar-refractivity contribution is 7.22. The van der Waals surface area contributed by atoms with Crippen LogP contribution in [0.3, 0.4) is 0 Å². The third-order valence-corrected chi connectivity index (χ3v) is 4.52. The van der Waals surface area contributed by atoms with Crippen molar-refractivity contribution < 1.29 is 4.42 Å². The Morgan fingerprint density at radius 2 is 2.00 bits per heavy atom. The van der Waals surface area contributed by atoms with Crippen molar-refractivity contribution >= 4 is 55.1 Å². The first-order valence-electron chi connectivity index (χ1n) is 7.32. The Bertz CT molecular complexity index is 1080. The second kappa shape index (κ2) is 5.89. The van der Waals surface area contributed by atoms with Gasteiger partial charge in [0.25, 0.3) is 0 Å². The van der Waals surface area contributed by atoms with Gasteiger partial charge in [0.1, 0.15) is 5.52 Å². The lowest BCUT2D eigenvalue weighted by Gasteiger charge is -1.94. The molecule has 120 valence electrons. The summed E-state index contributed by atoms with van der Waals surface area (Å²) in [6.45, 7) is 3.86. The van der Waals surface area contributed by atoms with Crippen LogP contribution in [0.25, 0.3) is 32.8 Å². The number of nitrogens with one attached hydrogen (secondary N) is 1. The molecule has 0 fully saturated rings. The number of thiazole rings is 1. The topological polar surface area (TPSA) is 63.3 Å². The Hall–Kier alpha value is -2.44. The number of fused-ring (bicyclic) bond motifs is 2. The van der Waals surface area contributed by atoms with Gasteiger partial charge in [0, 0.05) is 16.3 Å². The summed E-state index contributed by atoms with van der Waals surface area (Å²) in [6, 6.07) is 11.3. The monoisotopic (exact) mass is 356 g/mol. The van der Waals surface area contributed by atoms with E-state index in [1.165, 1.54) is 11.3 Å². The van der Waals surface area contributed by atoms with Gasteiger partial charge in [-0.3, -0.25) is 5.43 Å². The van der Waals surface area contributed by atoms with E-state index < -0.39 is 0 Å². The zero-order chi connectivity index (χ0) is 16.7. The Balaban J connectivity index is 1.74. The van der Waals surface area contributed by atoms with Crippen LogP contribution in [0.2, 0.25) is 5.02 Å². The van der Waals surface area contributed by atoms with Crippen molar-refractivity contribution in [1.29, 1.82) is 0 Å². The maximum atomic E-state index is 6.00. The lowest BCUT2D eigenvalue weighted by atomic mass is 10.2. The summed E-state index contributed by atoms with van der Waals surface area (Å²) in [4.78, 5) is 9.02. The number of aromatic nitrogens is 2. The highest BCUT2D eigenvalue weighted by Gasteiger charge is 2.11. The molecule has 1 N–H and O–H groups in total. The second-order valence-corrected chi connectivity index (χ2v) is 6.97. The molecule has 2 aromatic heterocycles. The van der Waals surface area contributed by atoms with Crippen LogP contribution in [0.15, 0.2) is 45.9 Å². The van der Waals surface area contributed by atoms with Crippen LogP contribution in [0.4, 0.5) is 5.13 Å². The molecule has 0 amide bonds. The fourth-order valence-electron chi connectivity index (χ4n) is 2.29. The van der Waals surface area contributed by atoms with Gasteiger partial charge >= 0.3 is 0 Å². The van der Waals surface area contributed by atoms with Crippen LogP contribution in [-0.4, -0.2) is 15.7 Å². The highest BCUT2D eigenvalue weighted by atomic mass is 35.5. The van der Waals surface area contributed by atoms with Crippen molar-refractivity contribution in [2.24, 2.45) is 5.10 Å². The predicted octanol–water partition coefficient (Wildman–Crippen LogP) is 5.57. The molecule has 0 aliphatic carbocycles. The van der Waals surface area contributed by atoms with E-state index in [1.807, 2.05) is 38.1 Å². The molecule has 0 saturated carbocycles. The van der Waals surface area contributed by atoms with E-state index in [4.69, 9.17) is 16.0 Å². The van der Waals surface area contributed by atoms with Gasteiger partial charge in [-0.25, -0.2) is 9.97 Å². The number of halogens is 1. The normalized spacial score (nSPS) is 11.1. The molecule has 0 saturated heterocycles. The average Bonchev–Trinajstić information content (AvgIpc) is 3.14. The Kier molecular flexibility index (Phi) is 3.70. The smallest absolute Gasteiger partial charge is 0.227 e. The quantitative estimate of drug-likeness (QED) is 0.385. The van der Waals surface area contributed by atoms with Crippen LogP contribution < -0.4 is 5.43 Å². The molecule has 2 aromatic carbocycles. The zero-order valence-electron chi connectivity index (χ0n) is 13.0. The summed E-state index contributed by atoms with van der Waals surface area (Å²) in [5.74, 6) is 0.569. The molecular formula is C17H13ClN4OS. The van der Waals surface area contributed by atoms with Crippen molar-refractivity contribution in [2.45, 2.75) is 13.8 Å². The number of hydrogen-bond acceptors (Lipinski definition) is 6. The van der Waals surface area contributed by atoms with Gasteiger partial charge in [0.05, 0.1) is 10.2 Å². The number of benzene rings is 2. The molecule has 0 radical (unpaired) electrons. The molecule has 0 aliphatic rings. The maximum absolute atomic E-state index is 6.00. The van der Waals surface area contributed by atoms with Crippen LogP contribution >= 0.6 is 22.9 Å². The van der Waals surface area contributed by atoms with E-state index in [0.29, 0.717) is 16.5 Å². The third kappa shape index (κ3) is 2.86. The van der Waals surface area contributed by atoms with E-state index in [9.17, 15) is 0 Å². The van der Waals surface area contributed by atoms with Crippen LogP contribution in [0.5, 0.6) is 0 Å². The van der Waals surface area contributed by atoms with Crippen LogP contribution in [0, 0.1) is 0 Å². The molecule has 0 aliphatic heterocycles. The number of hydrogen-bond donors (Lipinski definition) is 1. The molecule has 2 heterocycles. The Labute approximate surface area is 147 Å². The van der Waals surface area contributed by atoms with E-state index in [1.54, 1.807) is 12.1 Å². The first kappa shape index (κ1) is 15.1. The SMILES string of the molecule is CC(C)=NNc1nc2ccc(-c3nc4cc(Cl)ccc4o3)cc2s1. The third-order valence-electron chi connectivity index (χ3n) is 3.36. The summed E-state index contributed by atoms with van der Waals surface area (Å²) in [7, 11) is 0. The fourth-order valence-corrected chi connectivity index (χ4v) is 3.30. The summed E-state index contributed by atoms with van der Waals surface area (Å²) in [5.41, 5.74) is 7.18. The summed E-state index contributed by atoms with van der Waals surface area (Å²) in [5, 5.41) is 5.58. The average molecular weight is 357 g/mol. The van der Waals surface area contributed by atoms with Gasteiger partial charge in [0.2, 0.25) is 11.0 Å². The zero-order valence-corrected chi connectivity index (χ0v) is 14.6. The lowest BCUT2D eigenvalue weighted by Crippen LogP contribution is -1.91. The summed E-state index contributed by atoms with van der Waals surface area (Å²) >= 11 is 7.54. The molecule has 4 rings (SSSR count). The molecule has 0 spiro atoms. The summed E-state index contributed by atoms with van der Waals surface area (Å²) < 4.78 is 6.86.